The number of rotatable bonds is 6. The van der Waals surface area contributed by atoms with Crippen LogP contribution < -0.4 is 9.73 Å². The molecule has 8 heteroatoms. The van der Waals surface area contributed by atoms with Crippen molar-refractivity contribution in [2.45, 2.75) is 30.6 Å². The van der Waals surface area contributed by atoms with Gasteiger partial charge in [0, 0.05) is 10.2 Å². The van der Waals surface area contributed by atoms with Crippen LogP contribution in [-0.4, -0.2) is 26.6 Å². The first-order chi connectivity index (χ1) is 13.0. The summed E-state index contributed by atoms with van der Waals surface area (Å²) < 4.78 is 28.1. The van der Waals surface area contributed by atoms with Gasteiger partial charge in [-0.15, -0.1) is 0 Å². The van der Waals surface area contributed by atoms with Crippen LogP contribution in [-0.2, 0) is 14.8 Å². The number of carbonyl (C=O) groups excluding carboxylic acids is 1. The molecular formula is C19H20BrN3O3S. The van der Waals surface area contributed by atoms with Crippen LogP contribution in [0.2, 0.25) is 0 Å². The van der Waals surface area contributed by atoms with E-state index in [1.165, 1.54) is 12.1 Å². The van der Waals surface area contributed by atoms with E-state index in [2.05, 4.69) is 26.5 Å². The smallest absolute Gasteiger partial charge is 0.264 e. The van der Waals surface area contributed by atoms with E-state index in [-0.39, 0.29) is 11.4 Å². The van der Waals surface area contributed by atoms with Gasteiger partial charge in [0.25, 0.3) is 15.9 Å². The first-order valence-electron chi connectivity index (χ1n) is 8.64. The van der Waals surface area contributed by atoms with Crippen molar-refractivity contribution in [3.8, 4) is 0 Å². The van der Waals surface area contributed by atoms with E-state index in [1.54, 1.807) is 42.5 Å². The molecular weight excluding hydrogens is 430 g/mol. The van der Waals surface area contributed by atoms with Gasteiger partial charge in [0.15, 0.2) is 0 Å². The predicted molar refractivity (Wildman–Crippen MR) is 109 cm³/mol. The second kappa shape index (κ2) is 8.67. The first-order valence-corrected chi connectivity index (χ1v) is 10.9. The van der Waals surface area contributed by atoms with Crippen LogP contribution in [0.25, 0.3) is 0 Å². The van der Waals surface area contributed by atoms with E-state index in [1.807, 2.05) is 0 Å². The maximum atomic E-state index is 13.1. The normalized spacial score (nSPS) is 14.0. The molecule has 3 rings (SSSR count). The van der Waals surface area contributed by atoms with Crippen LogP contribution in [0.3, 0.4) is 0 Å². The Hall–Kier alpha value is -2.19. The van der Waals surface area contributed by atoms with Gasteiger partial charge in [-0.2, -0.15) is 5.10 Å². The highest BCUT2D eigenvalue weighted by Gasteiger charge is 2.27. The molecule has 0 aliphatic heterocycles. The van der Waals surface area contributed by atoms with Gasteiger partial charge in [-0.25, -0.2) is 13.8 Å². The fourth-order valence-electron chi connectivity index (χ4n) is 2.87. The Balaban J connectivity index is 1.88. The second-order valence-corrected chi connectivity index (χ2v) is 9.00. The average Bonchev–Trinajstić information content (AvgIpc) is 3.18. The lowest BCUT2D eigenvalue weighted by Crippen LogP contribution is -2.39. The topological polar surface area (TPSA) is 78.8 Å². The molecule has 1 saturated carbocycles. The lowest BCUT2D eigenvalue weighted by Gasteiger charge is -2.24. The Morgan fingerprint density at radius 3 is 2.44 bits per heavy atom. The fraction of sp³-hybridized carbons (Fsp3) is 0.263. The summed E-state index contributed by atoms with van der Waals surface area (Å²) in [5.74, 6) is -0.478. The summed E-state index contributed by atoms with van der Waals surface area (Å²) in [6, 6.07) is 14.9. The minimum absolute atomic E-state index is 0.125. The van der Waals surface area contributed by atoms with Gasteiger partial charge in [-0.1, -0.05) is 40.2 Å². The van der Waals surface area contributed by atoms with Gasteiger partial charge in [-0.3, -0.25) is 9.10 Å². The molecule has 0 saturated heterocycles. The van der Waals surface area contributed by atoms with Crippen LogP contribution in [0, 0.1) is 0 Å². The van der Waals surface area contributed by atoms with E-state index < -0.39 is 15.9 Å². The summed E-state index contributed by atoms with van der Waals surface area (Å²) in [6.07, 6.45) is 3.89. The fourth-order valence-corrected chi connectivity index (χ4v) is 4.69. The van der Waals surface area contributed by atoms with Crippen molar-refractivity contribution in [3.63, 3.8) is 0 Å². The predicted octanol–water partition coefficient (Wildman–Crippen LogP) is 3.69. The number of benzene rings is 2. The number of hydrogen-bond acceptors (Lipinski definition) is 4. The number of carbonyl (C=O) groups is 1. The summed E-state index contributed by atoms with van der Waals surface area (Å²) in [7, 11) is -3.90. The quantitative estimate of drug-likeness (QED) is 0.682. The Morgan fingerprint density at radius 2 is 1.78 bits per heavy atom. The molecule has 0 heterocycles. The second-order valence-electron chi connectivity index (χ2n) is 6.22. The molecule has 2 aromatic carbocycles. The van der Waals surface area contributed by atoms with Crippen molar-refractivity contribution in [1.82, 2.24) is 5.43 Å². The summed E-state index contributed by atoms with van der Waals surface area (Å²) >= 11 is 3.35. The standard InChI is InChI=1S/C19H20BrN3O3S/c20-15-7-6-10-17(13-15)23(27(25,26)18-11-2-1-3-12-18)14-19(24)22-21-16-8-4-5-9-16/h1-3,6-7,10-13H,4-5,8-9,14H2,(H,22,24). The molecule has 0 aromatic heterocycles. The van der Waals surface area contributed by atoms with E-state index in [4.69, 9.17) is 0 Å². The molecule has 1 aliphatic rings. The van der Waals surface area contributed by atoms with E-state index >= 15 is 0 Å². The summed E-state index contributed by atoms with van der Waals surface area (Å²) in [6.45, 7) is -0.357. The molecule has 1 fully saturated rings. The monoisotopic (exact) mass is 449 g/mol. The van der Waals surface area contributed by atoms with Crippen molar-refractivity contribution in [2.75, 3.05) is 10.8 Å². The Bertz CT molecular complexity index is 938. The molecule has 27 heavy (non-hydrogen) atoms. The lowest BCUT2D eigenvalue weighted by atomic mass is 10.3. The summed E-state index contributed by atoms with van der Waals surface area (Å²) in [5, 5.41) is 4.13. The van der Waals surface area contributed by atoms with E-state index in [0.29, 0.717) is 5.69 Å². The third kappa shape index (κ3) is 4.95. The number of amides is 1. The highest BCUT2D eigenvalue weighted by Crippen LogP contribution is 2.26. The molecule has 1 N–H and O–H groups in total. The third-order valence-corrected chi connectivity index (χ3v) is 6.52. The van der Waals surface area contributed by atoms with E-state index in [9.17, 15) is 13.2 Å². The molecule has 0 atom stereocenters. The third-order valence-electron chi connectivity index (χ3n) is 4.23. The molecule has 1 aliphatic carbocycles. The molecule has 0 bridgehead atoms. The summed E-state index contributed by atoms with van der Waals surface area (Å²) in [4.78, 5) is 12.5. The number of hydrogen-bond donors (Lipinski definition) is 1. The maximum absolute atomic E-state index is 13.1. The molecule has 142 valence electrons. The number of nitrogens with zero attached hydrogens (tertiary/aromatic N) is 2. The van der Waals surface area contributed by atoms with Gasteiger partial charge < -0.3 is 0 Å². The lowest BCUT2D eigenvalue weighted by molar-refractivity contribution is -0.119. The highest BCUT2D eigenvalue weighted by atomic mass is 79.9. The molecule has 0 unspecified atom stereocenters. The van der Waals surface area contributed by atoms with Crippen LogP contribution >= 0.6 is 15.9 Å². The molecule has 0 spiro atoms. The van der Waals surface area contributed by atoms with Crippen LogP contribution in [0.1, 0.15) is 25.7 Å². The number of sulfonamides is 1. The van der Waals surface area contributed by atoms with Gasteiger partial charge in [0.1, 0.15) is 6.54 Å². The molecule has 1 amide bonds. The van der Waals surface area contributed by atoms with Crippen molar-refractivity contribution in [3.05, 3.63) is 59.1 Å². The minimum Gasteiger partial charge on any atom is -0.271 e. The number of halogens is 1. The average molecular weight is 450 g/mol. The first kappa shape index (κ1) is 19.6. The number of nitrogens with one attached hydrogen (secondary N) is 1. The molecule has 6 nitrogen and oxygen atoms in total. The van der Waals surface area contributed by atoms with Crippen molar-refractivity contribution < 1.29 is 13.2 Å². The van der Waals surface area contributed by atoms with Crippen LogP contribution in [0.4, 0.5) is 5.69 Å². The van der Waals surface area contributed by atoms with Crippen molar-refractivity contribution in [1.29, 1.82) is 0 Å². The zero-order valence-electron chi connectivity index (χ0n) is 14.6. The summed E-state index contributed by atoms with van der Waals surface area (Å²) in [5.41, 5.74) is 3.84. The number of hydrazone groups is 1. The van der Waals surface area contributed by atoms with Crippen LogP contribution in [0.15, 0.2) is 69.1 Å². The Morgan fingerprint density at radius 1 is 1.07 bits per heavy atom. The SMILES string of the molecule is O=C(CN(c1cccc(Br)c1)S(=O)(=O)c1ccccc1)NN=C1CCCC1. The van der Waals surface area contributed by atoms with Crippen LogP contribution in [0.5, 0.6) is 0 Å². The molecule has 2 aromatic rings. The highest BCUT2D eigenvalue weighted by molar-refractivity contribution is 9.10. The van der Waals surface area contributed by atoms with Gasteiger partial charge >= 0.3 is 0 Å². The van der Waals surface area contributed by atoms with Crippen molar-refractivity contribution >= 4 is 43.3 Å². The largest absolute Gasteiger partial charge is 0.271 e. The maximum Gasteiger partial charge on any atom is 0.264 e. The van der Waals surface area contributed by atoms with Gasteiger partial charge in [0.05, 0.1) is 10.6 Å². The van der Waals surface area contributed by atoms with E-state index in [0.717, 1.165) is 40.2 Å². The van der Waals surface area contributed by atoms with Crippen molar-refractivity contribution in [2.24, 2.45) is 5.10 Å². The Labute approximate surface area is 167 Å². The van der Waals surface area contributed by atoms with Gasteiger partial charge in [-0.05, 0) is 56.0 Å². The molecule has 0 radical (unpaired) electrons. The van der Waals surface area contributed by atoms with Gasteiger partial charge in [0.2, 0.25) is 0 Å². The Kier molecular flexibility index (Phi) is 6.28. The zero-order valence-corrected chi connectivity index (χ0v) is 17.0. The minimum atomic E-state index is -3.90. The zero-order chi connectivity index (χ0) is 19.3. The number of anilines is 1.